The Morgan fingerprint density at radius 1 is 0.750 bits per heavy atom. The first-order valence-corrected chi connectivity index (χ1v) is 8.80. The molecule has 0 saturated carbocycles. The Bertz CT molecular complexity index is 238. The molecule has 0 heterocycles. The summed E-state index contributed by atoms with van der Waals surface area (Å²) in [6, 6.07) is 0. The third-order valence-electron chi connectivity index (χ3n) is 4.43. The van der Waals surface area contributed by atoms with E-state index in [4.69, 9.17) is 0 Å². The van der Waals surface area contributed by atoms with E-state index in [1.165, 1.54) is 57.8 Å². The monoisotopic (exact) mass is 284 g/mol. The quantitative estimate of drug-likeness (QED) is 0.386. The first-order chi connectivity index (χ1) is 9.56. The van der Waals surface area contributed by atoms with Crippen molar-refractivity contribution in [2.75, 3.05) is 0 Å². The molecule has 2 nitrogen and oxygen atoms in total. The van der Waals surface area contributed by atoms with Gasteiger partial charge in [0.2, 0.25) is 0 Å². The third kappa shape index (κ3) is 9.39. The van der Waals surface area contributed by atoms with E-state index in [1.54, 1.807) is 0 Å². The number of carboxylic acids is 1. The number of hydrogen-bond acceptors (Lipinski definition) is 1. The molecule has 120 valence electrons. The van der Waals surface area contributed by atoms with Gasteiger partial charge in [0.15, 0.2) is 0 Å². The van der Waals surface area contributed by atoms with Crippen LogP contribution in [0.4, 0.5) is 0 Å². The second-order valence-corrected chi connectivity index (χ2v) is 6.55. The van der Waals surface area contributed by atoms with Crippen LogP contribution in [0.3, 0.4) is 0 Å². The molecule has 1 N–H and O–H groups in total. The lowest BCUT2D eigenvalue weighted by atomic mass is 9.80. The average Bonchev–Trinajstić information content (AvgIpc) is 2.42. The molecule has 2 heteroatoms. The summed E-state index contributed by atoms with van der Waals surface area (Å²) < 4.78 is 0. The minimum absolute atomic E-state index is 0.489. The predicted molar refractivity (Wildman–Crippen MR) is 87.1 cm³/mol. The maximum atomic E-state index is 11.5. The number of rotatable bonds is 14. The van der Waals surface area contributed by atoms with E-state index in [0.29, 0.717) is 0 Å². The molecule has 0 aromatic heterocycles. The van der Waals surface area contributed by atoms with Crippen molar-refractivity contribution in [3.05, 3.63) is 0 Å². The van der Waals surface area contributed by atoms with Gasteiger partial charge >= 0.3 is 5.97 Å². The summed E-state index contributed by atoms with van der Waals surface area (Å²) in [5, 5.41) is 9.48. The van der Waals surface area contributed by atoms with Crippen LogP contribution in [-0.4, -0.2) is 11.1 Å². The Morgan fingerprint density at radius 3 is 1.45 bits per heavy atom. The molecule has 0 spiro atoms. The van der Waals surface area contributed by atoms with E-state index in [9.17, 15) is 9.90 Å². The fourth-order valence-corrected chi connectivity index (χ4v) is 2.75. The highest BCUT2D eigenvalue weighted by atomic mass is 16.4. The van der Waals surface area contributed by atoms with E-state index >= 15 is 0 Å². The van der Waals surface area contributed by atoms with Crippen LogP contribution in [0.1, 0.15) is 104 Å². The molecule has 0 aliphatic heterocycles. The minimum atomic E-state index is -0.596. The number of aliphatic carboxylic acids is 1. The molecular formula is C18H36O2. The Balaban J connectivity index is 3.84. The first-order valence-electron chi connectivity index (χ1n) is 8.80. The zero-order valence-electron chi connectivity index (χ0n) is 14.0. The summed E-state index contributed by atoms with van der Waals surface area (Å²) in [5.74, 6) is -0.596. The van der Waals surface area contributed by atoms with Crippen LogP contribution in [0.2, 0.25) is 0 Å². The standard InChI is InChI=1S/C18H36O2/c1-4-6-8-10-12-14-16-18(3,17(19)20)15-13-11-9-7-5-2/h4-16H2,1-3H3,(H,19,20). The second-order valence-electron chi connectivity index (χ2n) is 6.55. The molecule has 0 rings (SSSR count). The van der Waals surface area contributed by atoms with E-state index in [1.807, 2.05) is 6.92 Å². The van der Waals surface area contributed by atoms with Gasteiger partial charge in [-0.1, -0.05) is 84.5 Å². The van der Waals surface area contributed by atoms with Gasteiger partial charge in [-0.2, -0.15) is 0 Å². The molecule has 0 aromatic carbocycles. The van der Waals surface area contributed by atoms with Crippen LogP contribution >= 0.6 is 0 Å². The zero-order valence-corrected chi connectivity index (χ0v) is 14.0. The second kappa shape index (κ2) is 12.2. The van der Waals surface area contributed by atoms with Crippen molar-refractivity contribution in [3.8, 4) is 0 Å². The van der Waals surface area contributed by atoms with Gasteiger partial charge in [0.25, 0.3) is 0 Å². The van der Waals surface area contributed by atoms with Gasteiger partial charge in [0.05, 0.1) is 5.41 Å². The summed E-state index contributed by atoms with van der Waals surface area (Å²) in [7, 11) is 0. The van der Waals surface area contributed by atoms with Gasteiger partial charge in [0, 0.05) is 0 Å². The van der Waals surface area contributed by atoms with Crippen LogP contribution in [0.25, 0.3) is 0 Å². The van der Waals surface area contributed by atoms with Crippen LogP contribution < -0.4 is 0 Å². The molecular weight excluding hydrogens is 248 g/mol. The van der Waals surface area contributed by atoms with Crippen molar-refractivity contribution in [3.63, 3.8) is 0 Å². The molecule has 0 bridgehead atoms. The lowest BCUT2D eigenvalue weighted by Crippen LogP contribution is -2.27. The molecule has 0 radical (unpaired) electrons. The van der Waals surface area contributed by atoms with Crippen molar-refractivity contribution in [2.24, 2.45) is 5.41 Å². The Kier molecular flexibility index (Phi) is 11.9. The normalized spacial score (nSPS) is 14.2. The molecule has 0 fully saturated rings. The van der Waals surface area contributed by atoms with Gasteiger partial charge in [-0.3, -0.25) is 4.79 Å². The van der Waals surface area contributed by atoms with Crippen molar-refractivity contribution in [1.29, 1.82) is 0 Å². The zero-order chi connectivity index (χ0) is 15.3. The average molecular weight is 284 g/mol. The largest absolute Gasteiger partial charge is 0.481 e. The smallest absolute Gasteiger partial charge is 0.309 e. The molecule has 1 unspecified atom stereocenters. The van der Waals surface area contributed by atoms with Gasteiger partial charge in [0.1, 0.15) is 0 Å². The number of carbonyl (C=O) groups is 1. The summed E-state index contributed by atoms with van der Waals surface area (Å²) in [4.78, 5) is 11.5. The van der Waals surface area contributed by atoms with E-state index in [2.05, 4.69) is 13.8 Å². The first kappa shape index (κ1) is 19.5. The molecule has 0 aliphatic rings. The lowest BCUT2D eigenvalue weighted by molar-refractivity contribution is -0.149. The fraction of sp³-hybridized carbons (Fsp3) is 0.944. The Morgan fingerprint density at radius 2 is 1.10 bits per heavy atom. The van der Waals surface area contributed by atoms with Gasteiger partial charge in [-0.15, -0.1) is 0 Å². The molecule has 0 saturated heterocycles. The summed E-state index contributed by atoms with van der Waals surface area (Å²) in [6.45, 7) is 6.38. The SMILES string of the molecule is CCCCCCCCC(C)(CCCCCCC)C(=O)O. The highest BCUT2D eigenvalue weighted by molar-refractivity contribution is 5.74. The van der Waals surface area contributed by atoms with E-state index in [0.717, 1.165) is 25.7 Å². The third-order valence-corrected chi connectivity index (χ3v) is 4.43. The number of carboxylic acid groups (broad SMARTS) is 1. The minimum Gasteiger partial charge on any atom is -0.481 e. The molecule has 0 amide bonds. The van der Waals surface area contributed by atoms with Gasteiger partial charge in [-0.25, -0.2) is 0 Å². The van der Waals surface area contributed by atoms with Crippen molar-refractivity contribution in [1.82, 2.24) is 0 Å². The maximum absolute atomic E-state index is 11.5. The van der Waals surface area contributed by atoms with Crippen LogP contribution in [0.15, 0.2) is 0 Å². The van der Waals surface area contributed by atoms with Crippen molar-refractivity contribution < 1.29 is 9.90 Å². The topological polar surface area (TPSA) is 37.3 Å². The molecule has 0 aliphatic carbocycles. The van der Waals surface area contributed by atoms with E-state index < -0.39 is 11.4 Å². The molecule has 0 aromatic rings. The summed E-state index contributed by atoms with van der Waals surface area (Å²) in [6.07, 6.45) is 15.1. The molecule has 20 heavy (non-hydrogen) atoms. The predicted octanol–water partition coefficient (Wildman–Crippen LogP) is 6.19. The van der Waals surface area contributed by atoms with Gasteiger partial charge < -0.3 is 5.11 Å². The number of unbranched alkanes of at least 4 members (excludes halogenated alkanes) is 9. The van der Waals surface area contributed by atoms with E-state index in [-0.39, 0.29) is 0 Å². The number of hydrogen-bond donors (Lipinski definition) is 1. The Labute approximate surface area is 126 Å². The fourth-order valence-electron chi connectivity index (χ4n) is 2.75. The van der Waals surface area contributed by atoms with Crippen LogP contribution in [-0.2, 0) is 4.79 Å². The van der Waals surface area contributed by atoms with Crippen molar-refractivity contribution in [2.45, 2.75) is 104 Å². The van der Waals surface area contributed by atoms with Crippen LogP contribution in [0, 0.1) is 5.41 Å². The Hall–Kier alpha value is -0.530. The van der Waals surface area contributed by atoms with Crippen molar-refractivity contribution >= 4 is 5.97 Å². The summed E-state index contributed by atoms with van der Waals surface area (Å²) >= 11 is 0. The summed E-state index contributed by atoms with van der Waals surface area (Å²) in [5.41, 5.74) is -0.489. The van der Waals surface area contributed by atoms with Crippen LogP contribution in [0.5, 0.6) is 0 Å². The lowest BCUT2D eigenvalue weighted by Gasteiger charge is -2.24. The molecule has 1 atom stereocenters. The maximum Gasteiger partial charge on any atom is 0.309 e. The highest BCUT2D eigenvalue weighted by Gasteiger charge is 2.31. The highest BCUT2D eigenvalue weighted by Crippen LogP contribution is 2.31. The van der Waals surface area contributed by atoms with Gasteiger partial charge in [-0.05, 0) is 19.8 Å².